The fourth-order valence-corrected chi connectivity index (χ4v) is 3.25. The molecule has 4 rings (SSSR count). The van der Waals surface area contributed by atoms with Gasteiger partial charge in [0.25, 0.3) is 0 Å². The zero-order valence-electron chi connectivity index (χ0n) is 16.5. The third-order valence-electron chi connectivity index (χ3n) is 4.63. The monoisotopic (exact) mass is 474 g/mol. The molecule has 0 saturated carbocycles. The van der Waals surface area contributed by atoms with Gasteiger partial charge in [-0.3, -0.25) is 9.51 Å². The quantitative estimate of drug-likeness (QED) is 0.337. The van der Waals surface area contributed by atoms with Crippen LogP contribution in [0, 0.1) is 0 Å². The minimum atomic E-state index is -4.45. The zero-order valence-corrected chi connectivity index (χ0v) is 17.3. The number of hydrogen-bond acceptors (Lipinski definition) is 4. The molecule has 0 unspecified atom stereocenters. The maximum absolute atomic E-state index is 12.9. The number of carbonyl (C=O) groups is 1. The molecule has 4 aromatic rings. The van der Waals surface area contributed by atoms with Crippen LogP contribution in [0.3, 0.4) is 0 Å². The van der Waals surface area contributed by atoms with E-state index in [0.717, 1.165) is 12.1 Å². The average Bonchev–Trinajstić information content (AvgIpc) is 3.21. The van der Waals surface area contributed by atoms with Crippen LogP contribution in [0.25, 0.3) is 22.5 Å². The Morgan fingerprint density at radius 1 is 0.939 bits per heavy atom. The number of anilines is 2. The van der Waals surface area contributed by atoms with E-state index in [1.54, 1.807) is 36.4 Å². The molecule has 3 aromatic carbocycles. The van der Waals surface area contributed by atoms with Crippen LogP contribution in [0.1, 0.15) is 5.56 Å². The van der Waals surface area contributed by atoms with Crippen molar-refractivity contribution in [1.29, 1.82) is 0 Å². The third kappa shape index (κ3) is 5.07. The fraction of sp³-hybridized carbons (Fsp3) is 0.0455. The summed E-state index contributed by atoms with van der Waals surface area (Å²) in [5.74, 6) is -0.779. The Labute approximate surface area is 189 Å². The predicted octanol–water partition coefficient (Wildman–Crippen LogP) is 6.01. The number of alkyl halides is 3. The van der Waals surface area contributed by atoms with E-state index in [4.69, 9.17) is 11.6 Å². The molecule has 0 radical (unpaired) electrons. The highest BCUT2D eigenvalue weighted by atomic mass is 35.5. The lowest BCUT2D eigenvalue weighted by atomic mass is 10.00. The van der Waals surface area contributed by atoms with E-state index < -0.39 is 23.5 Å². The van der Waals surface area contributed by atoms with Gasteiger partial charge < -0.3 is 10.6 Å². The molecule has 0 aliphatic rings. The molecule has 0 atom stereocenters. The first-order chi connectivity index (χ1) is 15.7. The first-order valence-corrected chi connectivity index (χ1v) is 9.79. The van der Waals surface area contributed by atoms with Crippen molar-refractivity contribution in [1.82, 2.24) is 10.1 Å². The fourth-order valence-electron chi connectivity index (χ4n) is 3.06. The molecular weight excluding hydrogens is 461 g/mol. The molecule has 11 heteroatoms. The SMILES string of the molecule is O=C(Nc1ccccc1Cl)Nc1ccc(-c2ccc(C(F)(F)F)cc2)cc1-c1noc(=O)[nH]1. The van der Waals surface area contributed by atoms with E-state index in [1.165, 1.54) is 18.2 Å². The summed E-state index contributed by atoms with van der Waals surface area (Å²) in [6.07, 6.45) is -4.45. The molecule has 7 nitrogen and oxygen atoms in total. The summed E-state index contributed by atoms with van der Waals surface area (Å²) < 4.78 is 43.1. The van der Waals surface area contributed by atoms with Crippen molar-refractivity contribution in [2.45, 2.75) is 6.18 Å². The van der Waals surface area contributed by atoms with E-state index in [9.17, 15) is 22.8 Å². The van der Waals surface area contributed by atoms with Crippen LogP contribution in [0.5, 0.6) is 0 Å². The second-order valence-corrected chi connectivity index (χ2v) is 7.25. The molecule has 3 N–H and O–H groups in total. The van der Waals surface area contributed by atoms with Crippen LogP contribution in [0.15, 0.2) is 76.0 Å². The standard InChI is InChI=1S/C22H14ClF3N4O3/c23-16-3-1-2-4-18(16)28-20(31)27-17-10-7-13(11-15(17)19-29-21(32)33-30-19)12-5-8-14(9-6-12)22(24,25)26/h1-11H,(H2,27,28,31)(H,29,30,32). The summed E-state index contributed by atoms with van der Waals surface area (Å²) >= 11 is 6.05. The number of nitrogens with zero attached hydrogens (tertiary/aromatic N) is 1. The number of aromatic amines is 1. The normalized spacial score (nSPS) is 11.3. The van der Waals surface area contributed by atoms with Crippen LogP contribution in [-0.2, 0) is 6.18 Å². The lowest BCUT2D eigenvalue weighted by Gasteiger charge is -2.13. The van der Waals surface area contributed by atoms with E-state index >= 15 is 0 Å². The molecule has 1 heterocycles. The maximum atomic E-state index is 12.9. The Bertz CT molecular complexity index is 1360. The number of nitrogens with one attached hydrogen (secondary N) is 3. The van der Waals surface area contributed by atoms with Crippen LogP contribution in [-0.4, -0.2) is 16.2 Å². The minimum Gasteiger partial charge on any atom is -0.307 e. The number of para-hydroxylation sites is 1. The van der Waals surface area contributed by atoms with E-state index in [2.05, 4.69) is 25.3 Å². The van der Waals surface area contributed by atoms with E-state index in [-0.39, 0.29) is 17.1 Å². The number of aromatic nitrogens is 2. The Balaban J connectivity index is 1.67. The number of halogens is 4. The Kier molecular flexibility index (Phi) is 5.93. The molecule has 2 amide bonds. The molecule has 168 valence electrons. The lowest BCUT2D eigenvalue weighted by molar-refractivity contribution is -0.137. The Hall–Kier alpha value is -4.05. The maximum Gasteiger partial charge on any atom is 0.439 e. The van der Waals surface area contributed by atoms with Crippen LogP contribution < -0.4 is 16.4 Å². The largest absolute Gasteiger partial charge is 0.439 e. The Morgan fingerprint density at radius 3 is 2.24 bits per heavy atom. The molecular formula is C22H14ClF3N4O3. The molecule has 33 heavy (non-hydrogen) atoms. The number of benzene rings is 3. The molecule has 0 spiro atoms. The van der Waals surface area contributed by atoms with Crippen molar-refractivity contribution in [2.24, 2.45) is 0 Å². The second-order valence-electron chi connectivity index (χ2n) is 6.84. The molecule has 0 aliphatic heterocycles. The van der Waals surface area contributed by atoms with Crippen molar-refractivity contribution in [3.63, 3.8) is 0 Å². The minimum absolute atomic E-state index is 0.0294. The summed E-state index contributed by atoms with van der Waals surface area (Å²) in [6, 6.07) is 15.3. The number of carbonyl (C=O) groups excluding carboxylic acids is 1. The van der Waals surface area contributed by atoms with Gasteiger partial charge in [0.2, 0.25) is 0 Å². The van der Waals surface area contributed by atoms with Gasteiger partial charge in [-0.15, -0.1) is 0 Å². The topological polar surface area (TPSA) is 100 Å². The molecule has 1 aromatic heterocycles. The van der Waals surface area contributed by atoms with Crippen molar-refractivity contribution in [2.75, 3.05) is 10.6 Å². The van der Waals surface area contributed by atoms with Crippen molar-refractivity contribution in [3.8, 4) is 22.5 Å². The smallest absolute Gasteiger partial charge is 0.307 e. The summed E-state index contributed by atoms with van der Waals surface area (Å²) in [5, 5.41) is 9.23. The van der Waals surface area contributed by atoms with Gasteiger partial charge >= 0.3 is 18.0 Å². The van der Waals surface area contributed by atoms with E-state index in [0.29, 0.717) is 21.8 Å². The summed E-state index contributed by atoms with van der Waals surface area (Å²) in [5.41, 5.74) is 1.17. The molecule has 0 bridgehead atoms. The van der Waals surface area contributed by atoms with Gasteiger partial charge in [0, 0.05) is 5.56 Å². The summed E-state index contributed by atoms with van der Waals surface area (Å²) in [6.45, 7) is 0. The van der Waals surface area contributed by atoms with Gasteiger partial charge in [0.05, 0.1) is 22.0 Å². The van der Waals surface area contributed by atoms with Crippen molar-refractivity contribution >= 4 is 29.0 Å². The van der Waals surface area contributed by atoms with E-state index in [1.807, 2.05) is 0 Å². The number of hydrogen-bond donors (Lipinski definition) is 3. The van der Waals surface area contributed by atoms with Crippen molar-refractivity contribution < 1.29 is 22.5 Å². The van der Waals surface area contributed by atoms with Gasteiger partial charge in [-0.2, -0.15) is 13.2 Å². The number of amides is 2. The second kappa shape index (κ2) is 8.83. The molecule has 0 saturated heterocycles. The van der Waals surface area contributed by atoms with Gasteiger partial charge in [-0.1, -0.05) is 47.1 Å². The van der Waals surface area contributed by atoms with Crippen LogP contribution >= 0.6 is 11.6 Å². The number of urea groups is 1. The summed E-state index contributed by atoms with van der Waals surface area (Å²) in [7, 11) is 0. The Morgan fingerprint density at radius 2 is 1.61 bits per heavy atom. The van der Waals surface area contributed by atoms with Gasteiger partial charge in [0.15, 0.2) is 5.82 Å². The molecule has 0 fully saturated rings. The highest BCUT2D eigenvalue weighted by molar-refractivity contribution is 6.33. The zero-order chi connectivity index (χ0) is 23.6. The van der Waals surface area contributed by atoms with Gasteiger partial charge in [-0.25, -0.2) is 9.59 Å². The predicted molar refractivity (Wildman–Crippen MR) is 117 cm³/mol. The average molecular weight is 475 g/mol. The third-order valence-corrected chi connectivity index (χ3v) is 4.96. The first kappa shape index (κ1) is 22.2. The van der Waals surface area contributed by atoms with Gasteiger partial charge in [0.1, 0.15) is 0 Å². The number of rotatable bonds is 4. The highest BCUT2D eigenvalue weighted by Gasteiger charge is 2.30. The highest BCUT2D eigenvalue weighted by Crippen LogP contribution is 2.34. The van der Waals surface area contributed by atoms with Gasteiger partial charge in [-0.05, 0) is 47.5 Å². The summed E-state index contributed by atoms with van der Waals surface area (Å²) in [4.78, 5) is 26.4. The van der Waals surface area contributed by atoms with Crippen LogP contribution in [0.2, 0.25) is 5.02 Å². The van der Waals surface area contributed by atoms with Crippen molar-refractivity contribution in [3.05, 3.63) is 87.9 Å². The first-order valence-electron chi connectivity index (χ1n) is 9.41. The van der Waals surface area contributed by atoms with Crippen LogP contribution in [0.4, 0.5) is 29.3 Å². The number of H-pyrrole nitrogens is 1. The molecule has 0 aliphatic carbocycles. The lowest BCUT2D eigenvalue weighted by Crippen LogP contribution is -2.20.